The van der Waals surface area contributed by atoms with Crippen LogP contribution in [0.2, 0.25) is 5.28 Å². The summed E-state index contributed by atoms with van der Waals surface area (Å²) in [5, 5.41) is 0.212. The topological polar surface area (TPSA) is 87.7 Å². The Hall–Kier alpha value is -2.64. The molecule has 3 aromatic heterocycles. The molecule has 1 saturated heterocycles. The van der Waals surface area contributed by atoms with Gasteiger partial charge in [0.25, 0.3) is 0 Å². The second-order valence-corrected chi connectivity index (χ2v) is 6.55. The van der Waals surface area contributed by atoms with E-state index in [1.165, 1.54) is 0 Å². The van der Waals surface area contributed by atoms with Crippen molar-refractivity contribution in [2.75, 3.05) is 13.1 Å². The summed E-state index contributed by atoms with van der Waals surface area (Å²) in [4.78, 5) is 34.5. The van der Waals surface area contributed by atoms with Gasteiger partial charge in [-0.2, -0.15) is 0 Å². The molecule has 1 aliphatic heterocycles. The Morgan fingerprint density at radius 1 is 1.23 bits per heavy atom. The molecule has 0 radical (unpaired) electrons. The fraction of sp³-hybridized carbons (Fsp3) is 0.278. The van der Waals surface area contributed by atoms with Crippen LogP contribution < -0.4 is 0 Å². The van der Waals surface area contributed by atoms with Crippen LogP contribution in [0.25, 0.3) is 11.3 Å². The normalized spacial score (nSPS) is 17.5. The number of Topliss-reactive ketones (excluding diaryl/α,β-unsaturated/α-hetero) is 1. The molecule has 1 fully saturated rings. The van der Waals surface area contributed by atoms with E-state index in [4.69, 9.17) is 11.6 Å². The lowest BCUT2D eigenvalue weighted by molar-refractivity contribution is 0.0919. The van der Waals surface area contributed by atoms with E-state index in [-0.39, 0.29) is 17.1 Å². The lowest BCUT2D eigenvalue weighted by Gasteiger charge is -2.22. The van der Waals surface area contributed by atoms with Gasteiger partial charge in [0.15, 0.2) is 5.78 Å². The van der Waals surface area contributed by atoms with Gasteiger partial charge in [0.05, 0.1) is 24.5 Å². The molecule has 0 aliphatic carbocycles. The van der Waals surface area contributed by atoms with Crippen molar-refractivity contribution in [3.63, 3.8) is 0 Å². The summed E-state index contributed by atoms with van der Waals surface area (Å²) in [5.74, 6) is 0.925. The molecule has 132 valence electrons. The van der Waals surface area contributed by atoms with Gasteiger partial charge in [-0.15, -0.1) is 0 Å². The number of pyridine rings is 1. The average molecular weight is 369 g/mol. The van der Waals surface area contributed by atoms with Crippen LogP contribution in [0.3, 0.4) is 0 Å². The fourth-order valence-electron chi connectivity index (χ4n) is 3.23. The first-order valence-corrected chi connectivity index (χ1v) is 8.78. The van der Waals surface area contributed by atoms with E-state index in [0.717, 1.165) is 36.5 Å². The zero-order chi connectivity index (χ0) is 17.9. The zero-order valence-corrected chi connectivity index (χ0v) is 14.7. The van der Waals surface area contributed by atoms with Crippen molar-refractivity contribution in [2.45, 2.75) is 18.9 Å². The van der Waals surface area contributed by atoms with Gasteiger partial charge >= 0.3 is 0 Å². The quantitative estimate of drug-likeness (QED) is 0.550. The van der Waals surface area contributed by atoms with Gasteiger partial charge in [-0.1, -0.05) is 0 Å². The van der Waals surface area contributed by atoms with Gasteiger partial charge in [-0.05, 0) is 43.1 Å². The number of halogens is 1. The minimum Gasteiger partial charge on any atom is -0.341 e. The molecule has 3 aromatic rings. The molecule has 0 aromatic carbocycles. The molecule has 1 N–H and O–H groups in total. The minimum absolute atomic E-state index is 0.0721. The van der Waals surface area contributed by atoms with Gasteiger partial charge in [-0.3, -0.25) is 14.7 Å². The molecule has 1 unspecified atom stereocenters. The van der Waals surface area contributed by atoms with Crippen LogP contribution in [0.4, 0.5) is 0 Å². The number of hydrogen-bond donors (Lipinski definition) is 1. The molecular formula is C18H17ClN6O. The standard InChI is InChI=1S/C18H17ClN6O/c19-18-22-8-13(9-23-18)14-10-21-17(24-14)15-4-2-6-25(15)11-16(26)12-3-1-5-20-7-12/h1,3,5,7-10,15H,2,4,6,11H2,(H,21,24). The Bertz CT molecular complexity index is 896. The van der Waals surface area contributed by atoms with Crippen molar-refractivity contribution in [1.82, 2.24) is 29.8 Å². The molecular weight excluding hydrogens is 352 g/mol. The van der Waals surface area contributed by atoms with Gasteiger partial charge in [-0.25, -0.2) is 15.0 Å². The number of rotatable bonds is 5. The highest BCUT2D eigenvalue weighted by atomic mass is 35.5. The van der Waals surface area contributed by atoms with E-state index in [0.29, 0.717) is 12.1 Å². The molecule has 8 heteroatoms. The van der Waals surface area contributed by atoms with Crippen LogP contribution >= 0.6 is 11.6 Å². The van der Waals surface area contributed by atoms with E-state index < -0.39 is 0 Å². The fourth-order valence-corrected chi connectivity index (χ4v) is 3.33. The van der Waals surface area contributed by atoms with E-state index in [1.807, 2.05) is 0 Å². The lowest BCUT2D eigenvalue weighted by Crippen LogP contribution is -2.30. The highest BCUT2D eigenvalue weighted by Gasteiger charge is 2.30. The van der Waals surface area contributed by atoms with Crippen LogP contribution in [0.1, 0.15) is 35.1 Å². The first-order chi connectivity index (χ1) is 12.7. The Balaban J connectivity index is 1.50. The number of nitrogens with zero attached hydrogens (tertiary/aromatic N) is 5. The number of ketones is 1. The van der Waals surface area contributed by atoms with E-state index in [9.17, 15) is 4.79 Å². The predicted octanol–water partition coefficient (Wildman–Crippen LogP) is 2.93. The van der Waals surface area contributed by atoms with Crippen molar-refractivity contribution in [3.8, 4) is 11.3 Å². The van der Waals surface area contributed by atoms with Crippen LogP contribution in [-0.2, 0) is 0 Å². The third-order valence-electron chi connectivity index (χ3n) is 4.54. The number of hydrogen-bond acceptors (Lipinski definition) is 6. The molecule has 4 rings (SSSR count). The molecule has 4 heterocycles. The summed E-state index contributed by atoms with van der Waals surface area (Å²) < 4.78 is 0. The van der Waals surface area contributed by atoms with Crippen molar-refractivity contribution in [2.24, 2.45) is 0 Å². The van der Waals surface area contributed by atoms with Gasteiger partial charge < -0.3 is 4.98 Å². The molecule has 0 spiro atoms. The maximum atomic E-state index is 12.5. The highest BCUT2D eigenvalue weighted by Crippen LogP contribution is 2.31. The smallest absolute Gasteiger partial charge is 0.222 e. The minimum atomic E-state index is 0.0721. The third-order valence-corrected chi connectivity index (χ3v) is 4.73. The van der Waals surface area contributed by atoms with Crippen molar-refractivity contribution in [3.05, 3.63) is 59.8 Å². The summed E-state index contributed by atoms with van der Waals surface area (Å²) in [7, 11) is 0. The number of imidazole rings is 1. The molecule has 0 bridgehead atoms. The second-order valence-electron chi connectivity index (χ2n) is 6.22. The van der Waals surface area contributed by atoms with E-state index in [2.05, 4.69) is 29.8 Å². The van der Waals surface area contributed by atoms with Crippen molar-refractivity contribution >= 4 is 17.4 Å². The summed E-state index contributed by atoms with van der Waals surface area (Å²) >= 11 is 5.73. The van der Waals surface area contributed by atoms with Crippen LogP contribution in [0, 0.1) is 0 Å². The van der Waals surface area contributed by atoms with Crippen LogP contribution in [-0.4, -0.2) is 48.7 Å². The summed E-state index contributed by atoms with van der Waals surface area (Å²) in [6.45, 7) is 1.23. The number of aromatic amines is 1. The molecule has 26 heavy (non-hydrogen) atoms. The van der Waals surface area contributed by atoms with Gasteiger partial charge in [0.2, 0.25) is 5.28 Å². The maximum Gasteiger partial charge on any atom is 0.222 e. The van der Waals surface area contributed by atoms with Gasteiger partial charge in [0.1, 0.15) is 5.82 Å². The Morgan fingerprint density at radius 2 is 2.08 bits per heavy atom. The molecule has 0 amide bonds. The first kappa shape index (κ1) is 16.8. The molecule has 7 nitrogen and oxygen atoms in total. The van der Waals surface area contributed by atoms with Crippen molar-refractivity contribution in [1.29, 1.82) is 0 Å². The summed E-state index contributed by atoms with van der Waals surface area (Å²) in [6, 6.07) is 3.67. The molecule has 0 saturated carbocycles. The number of H-pyrrole nitrogens is 1. The number of carbonyl (C=O) groups is 1. The van der Waals surface area contributed by atoms with Crippen LogP contribution in [0.5, 0.6) is 0 Å². The maximum absolute atomic E-state index is 12.5. The number of likely N-dealkylation sites (tertiary alicyclic amines) is 1. The number of carbonyl (C=O) groups excluding carboxylic acids is 1. The highest BCUT2D eigenvalue weighted by molar-refractivity contribution is 6.28. The molecule has 1 atom stereocenters. The Labute approximate surface area is 155 Å². The SMILES string of the molecule is O=C(CN1CCCC1c1ncc(-c2cnc(Cl)nc2)[nH]1)c1cccnc1. The zero-order valence-electron chi connectivity index (χ0n) is 14.0. The average Bonchev–Trinajstić information content (AvgIpc) is 3.32. The Morgan fingerprint density at radius 3 is 2.85 bits per heavy atom. The lowest BCUT2D eigenvalue weighted by atomic mass is 10.1. The predicted molar refractivity (Wildman–Crippen MR) is 96.7 cm³/mol. The Kier molecular flexibility index (Phi) is 4.73. The summed E-state index contributed by atoms with van der Waals surface area (Å²) in [6.07, 6.45) is 10.4. The van der Waals surface area contributed by atoms with Crippen molar-refractivity contribution < 1.29 is 4.79 Å². The van der Waals surface area contributed by atoms with E-state index in [1.54, 1.807) is 43.1 Å². The second kappa shape index (κ2) is 7.31. The van der Waals surface area contributed by atoms with Crippen LogP contribution in [0.15, 0.2) is 43.1 Å². The monoisotopic (exact) mass is 368 g/mol. The van der Waals surface area contributed by atoms with Gasteiger partial charge in [0, 0.05) is 35.9 Å². The number of aromatic nitrogens is 5. The molecule has 1 aliphatic rings. The largest absolute Gasteiger partial charge is 0.341 e. The summed E-state index contributed by atoms with van der Waals surface area (Å²) in [5.41, 5.74) is 2.29. The first-order valence-electron chi connectivity index (χ1n) is 8.41. The number of nitrogens with one attached hydrogen (secondary N) is 1. The van der Waals surface area contributed by atoms with E-state index >= 15 is 0 Å². The third kappa shape index (κ3) is 3.49.